The molecule has 0 radical (unpaired) electrons. The van der Waals surface area contributed by atoms with Crippen molar-refractivity contribution >= 4 is 38.4 Å². The standard InChI is InChI=1S/C22H25N3O3S2/c1-14-3-6-16(7-4-14)9-10-23-21(26)17-8-5-15(2)18(11-17)24-22-25-19-12-30(27,28)13-20(19)29-22/h3-8,11,19-20H,9-10,12-13H2,1-2H3,(H,23,26)(H,24,25). The van der Waals surface area contributed by atoms with E-state index in [2.05, 4.69) is 46.8 Å². The number of rotatable bonds is 5. The highest BCUT2D eigenvalue weighted by molar-refractivity contribution is 8.15. The maximum atomic E-state index is 12.6. The molecule has 0 aliphatic carbocycles. The Kier molecular flexibility index (Phi) is 5.88. The third kappa shape index (κ3) is 4.87. The number of amidine groups is 1. The second-order valence-corrected chi connectivity index (χ2v) is 11.3. The summed E-state index contributed by atoms with van der Waals surface area (Å²) in [5.41, 5.74) is 4.81. The van der Waals surface area contributed by atoms with Crippen molar-refractivity contribution in [1.82, 2.24) is 5.32 Å². The van der Waals surface area contributed by atoms with E-state index in [0.717, 1.165) is 22.8 Å². The summed E-state index contributed by atoms with van der Waals surface area (Å²) in [6, 6.07) is 13.7. The number of nitrogens with one attached hydrogen (secondary N) is 2. The Morgan fingerprint density at radius 1 is 1.13 bits per heavy atom. The normalized spacial score (nSPS) is 21.7. The van der Waals surface area contributed by atoms with Crippen molar-refractivity contribution in [2.75, 3.05) is 23.4 Å². The first-order chi connectivity index (χ1) is 14.3. The van der Waals surface area contributed by atoms with Crippen LogP contribution in [0.5, 0.6) is 0 Å². The summed E-state index contributed by atoms with van der Waals surface area (Å²) in [5.74, 6) is 0.187. The largest absolute Gasteiger partial charge is 0.352 e. The molecule has 2 aliphatic rings. The van der Waals surface area contributed by atoms with Crippen LogP contribution in [0.4, 0.5) is 5.69 Å². The first-order valence-electron chi connectivity index (χ1n) is 9.95. The molecule has 1 fully saturated rings. The Hall–Kier alpha value is -2.32. The van der Waals surface area contributed by atoms with Crippen LogP contribution >= 0.6 is 11.8 Å². The third-order valence-corrected chi connectivity index (χ3v) is 8.52. The molecule has 2 heterocycles. The second kappa shape index (κ2) is 8.43. The van der Waals surface area contributed by atoms with Crippen LogP contribution in [-0.4, -0.2) is 48.8 Å². The number of thioether (sulfide) groups is 1. The van der Waals surface area contributed by atoms with Crippen LogP contribution in [0.2, 0.25) is 0 Å². The summed E-state index contributed by atoms with van der Waals surface area (Å²) < 4.78 is 23.5. The van der Waals surface area contributed by atoms with Crippen LogP contribution in [0.1, 0.15) is 27.0 Å². The zero-order valence-electron chi connectivity index (χ0n) is 17.0. The zero-order valence-corrected chi connectivity index (χ0v) is 18.6. The van der Waals surface area contributed by atoms with E-state index < -0.39 is 9.84 Å². The summed E-state index contributed by atoms with van der Waals surface area (Å²) >= 11 is 1.47. The lowest BCUT2D eigenvalue weighted by atomic mass is 10.1. The van der Waals surface area contributed by atoms with Gasteiger partial charge >= 0.3 is 0 Å². The maximum Gasteiger partial charge on any atom is 0.251 e. The number of benzene rings is 2. The van der Waals surface area contributed by atoms with Crippen molar-refractivity contribution < 1.29 is 13.2 Å². The number of sulfone groups is 1. The first-order valence-corrected chi connectivity index (χ1v) is 12.7. The van der Waals surface area contributed by atoms with E-state index in [0.29, 0.717) is 12.1 Å². The molecule has 0 aromatic heterocycles. The minimum absolute atomic E-state index is 0.00828. The molecule has 2 aliphatic heterocycles. The van der Waals surface area contributed by atoms with Gasteiger partial charge in [-0.05, 0) is 43.5 Å². The Labute approximate surface area is 181 Å². The van der Waals surface area contributed by atoms with Crippen LogP contribution in [-0.2, 0) is 16.3 Å². The molecule has 2 atom stereocenters. The van der Waals surface area contributed by atoms with E-state index in [4.69, 9.17) is 0 Å². The smallest absolute Gasteiger partial charge is 0.251 e. The fourth-order valence-electron chi connectivity index (χ4n) is 3.61. The van der Waals surface area contributed by atoms with Crippen LogP contribution in [0.15, 0.2) is 47.5 Å². The quantitative estimate of drug-likeness (QED) is 0.742. The molecule has 4 rings (SSSR count). The lowest BCUT2D eigenvalue weighted by molar-refractivity contribution is 0.0954. The molecule has 0 bridgehead atoms. The van der Waals surface area contributed by atoms with Gasteiger partial charge in [-0.25, -0.2) is 8.42 Å². The molecule has 2 aromatic rings. The number of nitrogens with zero attached hydrogens (tertiary/aromatic N) is 1. The molecule has 2 aromatic carbocycles. The molecule has 0 spiro atoms. The fourth-order valence-corrected chi connectivity index (χ4v) is 7.27. The van der Waals surface area contributed by atoms with Crippen molar-refractivity contribution in [3.8, 4) is 0 Å². The van der Waals surface area contributed by atoms with Gasteiger partial charge in [0, 0.05) is 23.0 Å². The van der Waals surface area contributed by atoms with Crippen molar-refractivity contribution in [2.24, 2.45) is 4.99 Å². The first kappa shape index (κ1) is 20.9. The minimum Gasteiger partial charge on any atom is -0.352 e. The molecular weight excluding hydrogens is 418 g/mol. The van der Waals surface area contributed by atoms with Crippen molar-refractivity contribution in [3.05, 3.63) is 64.7 Å². The number of aliphatic imine (C=N–C) groups is 1. The summed E-state index contributed by atoms with van der Waals surface area (Å²) in [6.07, 6.45) is 0.780. The van der Waals surface area contributed by atoms with E-state index in [1.807, 2.05) is 25.1 Å². The Balaban J connectivity index is 1.37. The molecule has 158 valence electrons. The van der Waals surface area contributed by atoms with Crippen LogP contribution < -0.4 is 10.6 Å². The Bertz CT molecular complexity index is 1100. The van der Waals surface area contributed by atoms with E-state index in [9.17, 15) is 13.2 Å². The van der Waals surface area contributed by atoms with Crippen molar-refractivity contribution in [1.29, 1.82) is 0 Å². The highest BCUT2D eigenvalue weighted by atomic mass is 32.2. The van der Waals surface area contributed by atoms with Crippen LogP contribution in [0.3, 0.4) is 0 Å². The SMILES string of the molecule is Cc1ccc(CCNC(=O)c2ccc(C)c(NC3=NC4CS(=O)(=O)CC4S3)c2)cc1. The lowest BCUT2D eigenvalue weighted by Crippen LogP contribution is -2.25. The number of hydrogen-bond acceptors (Lipinski definition) is 6. The van der Waals surface area contributed by atoms with Gasteiger partial charge in [-0.15, -0.1) is 0 Å². The average molecular weight is 444 g/mol. The number of aryl methyl sites for hydroxylation is 2. The van der Waals surface area contributed by atoms with Gasteiger partial charge < -0.3 is 10.6 Å². The molecule has 8 heteroatoms. The number of carbonyl (C=O) groups is 1. The van der Waals surface area contributed by atoms with Crippen molar-refractivity contribution in [2.45, 2.75) is 31.6 Å². The lowest BCUT2D eigenvalue weighted by Gasteiger charge is -2.12. The van der Waals surface area contributed by atoms with E-state index in [-0.39, 0.29) is 28.7 Å². The van der Waals surface area contributed by atoms with Gasteiger partial charge in [0.1, 0.15) is 0 Å². The molecular formula is C22H25N3O3S2. The average Bonchev–Trinajstić information content (AvgIpc) is 3.17. The summed E-state index contributed by atoms with van der Waals surface area (Å²) in [6.45, 7) is 4.59. The summed E-state index contributed by atoms with van der Waals surface area (Å²) in [7, 11) is -2.97. The maximum absolute atomic E-state index is 12.6. The number of amides is 1. The molecule has 30 heavy (non-hydrogen) atoms. The molecule has 6 nitrogen and oxygen atoms in total. The minimum atomic E-state index is -2.97. The predicted octanol–water partition coefficient (Wildman–Crippen LogP) is 2.96. The highest BCUT2D eigenvalue weighted by Crippen LogP contribution is 2.35. The fraction of sp³-hybridized carbons (Fsp3) is 0.364. The molecule has 2 N–H and O–H groups in total. The van der Waals surface area contributed by atoms with Gasteiger partial charge in [-0.3, -0.25) is 9.79 Å². The van der Waals surface area contributed by atoms with E-state index in [1.165, 1.54) is 22.9 Å². The van der Waals surface area contributed by atoms with Crippen molar-refractivity contribution in [3.63, 3.8) is 0 Å². The molecule has 1 saturated heterocycles. The monoisotopic (exact) mass is 443 g/mol. The number of anilines is 1. The highest BCUT2D eigenvalue weighted by Gasteiger charge is 2.42. The number of fused-ring (bicyclic) bond motifs is 1. The Morgan fingerprint density at radius 3 is 2.63 bits per heavy atom. The van der Waals surface area contributed by atoms with Gasteiger partial charge in [-0.1, -0.05) is 47.7 Å². The number of hydrogen-bond donors (Lipinski definition) is 2. The number of carbonyl (C=O) groups excluding carboxylic acids is 1. The van der Waals surface area contributed by atoms with Crippen LogP contribution in [0, 0.1) is 13.8 Å². The predicted molar refractivity (Wildman–Crippen MR) is 123 cm³/mol. The van der Waals surface area contributed by atoms with Crippen LogP contribution in [0.25, 0.3) is 0 Å². The molecule has 1 amide bonds. The van der Waals surface area contributed by atoms with E-state index in [1.54, 1.807) is 0 Å². The van der Waals surface area contributed by atoms with Gasteiger partial charge in [0.2, 0.25) is 0 Å². The van der Waals surface area contributed by atoms with Gasteiger partial charge in [0.25, 0.3) is 5.91 Å². The summed E-state index contributed by atoms with van der Waals surface area (Å²) in [4.78, 5) is 17.1. The van der Waals surface area contributed by atoms with E-state index >= 15 is 0 Å². The van der Waals surface area contributed by atoms with Gasteiger partial charge in [0.05, 0.1) is 17.5 Å². The Morgan fingerprint density at radius 2 is 1.90 bits per heavy atom. The zero-order chi connectivity index (χ0) is 21.3. The third-order valence-electron chi connectivity index (χ3n) is 5.38. The van der Waals surface area contributed by atoms with Gasteiger partial charge in [-0.2, -0.15) is 0 Å². The topological polar surface area (TPSA) is 87.6 Å². The molecule has 2 unspecified atom stereocenters. The molecule has 0 saturated carbocycles. The summed E-state index contributed by atoms with van der Waals surface area (Å²) in [5, 5.41) is 6.97. The van der Waals surface area contributed by atoms with Gasteiger partial charge in [0.15, 0.2) is 15.0 Å². The second-order valence-electron chi connectivity index (χ2n) is 7.88.